The van der Waals surface area contributed by atoms with Gasteiger partial charge in [-0.15, -0.1) is 0 Å². The van der Waals surface area contributed by atoms with Crippen molar-refractivity contribution in [1.29, 1.82) is 0 Å². The molecule has 1 nitrogen and oxygen atoms in total. The van der Waals surface area contributed by atoms with Gasteiger partial charge in [-0.2, -0.15) is 0 Å². The fourth-order valence-electron chi connectivity index (χ4n) is 6.25. The van der Waals surface area contributed by atoms with Crippen molar-refractivity contribution in [3.8, 4) is 0 Å². The quantitative estimate of drug-likeness (QED) is 0.0760. The molecule has 4 rings (SSSR count). The Kier molecular flexibility index (Phi) is 10.8. The second-order valence-electron chi connectivity index (χ2n) is 11.4. The molecule has 0 fully saturated rings. The number of aryl methyl sites for hydroxylation is 1. The van der Waals surface area contributed by atoms with Crippen molar-refractivity contribution in [2.24, 2.45) is 0 Å². The summed E-state index contributed by atoms with van der Waals surface area (Å²) in [5.74, 6) is 0.145. The lowest BCUT2D eigenvalue weighted by atomic mass is 9.88. The first kappa shape index (κ1) is 27.6. The van der Waals surface area contributed by atoms with Crippen LogP contribution in [-0.2, 0) is 6.42 Å². The number of Topliss-reactive ketones (excluding diaryl/α,β-unsaturated/α-hetero) is 1. The minimum atomic E-state index is 0.145. The maximum absolute atomic E-state index is 12.2. The van der Waals surface area contributed by atoms with Gasteiger partial charge in [0, 0.05) is 5.56 Å². The second kappa shape index (κ2) is 14.5. The average Bonchev–Trinajstić information content (AvgIpc) is 2.91. The smallest absolute Gasteiger partial charge is 0.160 e. The Morgan fingerprint density at radius 1 is 0.514 bits per heavy atom. The fourth-order valence-corrected chi connectivity index (χ4v) is 6.25. The Morgan fingerprint density at radius 3 is 1.49 bits per heavy atom. The molecule has 0 unspecified atom stereocenters. The third kappa shape index (κ3) is 7.34. The molecule has 198 valence electrons. The molecular weight excluding hydrogens is 448 g/mol. The highest BCUT2D eigenvalue weighted by Gasteiger charge is 2.14. The predicted octanol–water partition coefficient (Wildman–Crippen LogP) is 11.6. The highest BCUT2D eigenvalue weighted by molar-refractivity contribution is 6.26. The van der Waals surface area contributed by atoms with Crippen LogP contribution in [0.5, 0.6) is 0 Å². The number of benzene rings is 4. The summed E-state index contributed by atoms with van der Waals surface area (Å²) in [7, 11) is 0. The van der Waals surface area contributed by atoms with Crippen molar-refractivity contribution >= 4 is 38.1 Å². The van der Waals surface area contributed by atoms with Crippen LogP contribution in [0.1, 0.15) is 133 Å². The Hall–Kier alpha value is -2.41. The van der Waals surface area contributed by atoms with Crippen LogP contribution in [0.15, 0.2) is 48.5 Å². The van der Waals surface area contributed by atoms with E-state index in [-0.39, 0.29) is 5.78 Å². The van der Waals surface area contributed by atoms with Crippen LogP contribution in [0.3, 0.4) is 0 Å². The molecule has 0 atom stereocenters. The van der Waals surface area contributed by atoms with E-state index in [1.54, 1.807) is 6.92 Å². The largest absolute Gasteiger partial charge is 0.294 e. The SMILES string of the molecule is CCCCCCCCCCCCCCCCCCc1ccc2ccc3c(C(C)=O)ccc4ccc1c2c43. The molecule has 0 N–H and O–H groups in total. The molecule has 0 saturated carbocycles. The van der Waals surface area contributed by atoms with E-state index < -0.39 is 0 Å². The zero-order valence-electron chi connectivity index (χ0n) is 23.5. The van der Waals surface area contributed by atoms with Crippen molar-refractivity contribution < 1.29 is 4.79 Å². The number of carbonyl (C=O) groups is 1. The summed E-state index contributed by atoms with van der Waals surface area (Å²) in [5, 5.41) is 7.59. The van der Waals surface area contributed by atoms with Gasteiger partial charge >= 0.3 is 0 Å². The van der Waals surface area contributed by atoms with E-state index in [0.29, 0.717) is 0 Å². The van der Waals surface area contributed by atoms with Gasteiger partial charge in [0.15, 0.2) is 5.78 Å². The molecule has 0 aliphatic rings. The van der Waals surface area contributed by atoms with Crippen LogP contribution in [0, 0.1) is 0 Å². The van der Waals surface area contributed by atoms with Crippen molar-refractivity contribution in [3.63, 3.8) is 0 Å². The van der Waals surface area contributed by atoms with Gasteiger partial charge in [0.05, 0.1) is 0 Å². The first-order chi connectivity index (χ1) is 18.2. The summed E-state index contributed by atoms with van der Waals surface area (Å²) in [4.78, 5) is 12.2. The number of carbonyl (C=O) groups excluding carboxylic acids is 1. The molecule has 0 saturated heterocycles. The van der Waals surface area contributed by atoms with Crippen LogP contribution >= 0.6 is 0 Å². The number of hydrogen-bond acceptors (Lipinski definition) is 1. The molecule has 0 aliphatic carbocycles. The minimum absolute atomic E-state index is 0.145. The Balaban J connectivity index is 1.17. The monoisotopic (exact) mass is 496 g/mol. The summed E-state index contributed by atoms with van der Waals surface area (Å²) in [5.41, 5.74) is 2.30. The maximum atomic E-state index is 12.2. The molecule has 0 spiro atoms. The average molecular weight is 497 g/mol. The number of unbranched alkanes of at least 4 members (excludes halogenated alkanes) is 15. The van der Waals surface area contributed by atoms with E-state index in [2.05, 4.69) is 49.4 Å². The predicted molar refractivity (Wildman–Crippen MR) is 163 cm³/mol. The van der Waals surface area contributed by atoms with Crippen molar-refractivity contribution in [2.75, 3.05) is 0 Å². The maximum Gasteiger partial charge on any atom is 0.160 e. The highest BCUT2D eigenvalue weighted by Crippen LogP contribution is 2.37. The third-order valence-corrected chi connectivity index (χ3v) is 8.43. The van der Waals surface area contributed by atoms with Crippen LogP contribution in [0.4, 0.5) is 0 Å². The van der Waals surface area contributed by atoms with Gasteiger partial charge in [-0.3, -0.25) is 4.79 Å². The van der Waals surface area contributed by atoms with Gasteiger partial charge in [-0.25, -0.2) is 0 Å². The molecule has 0 aliphatic heterocycles. The van der Waals surface area contributed by atoms with Gasteiger partial charge in [0.25, 0.3) is 0 Å². The molecule has 37 heavy (non-hydrogen) atoms. The summed E-state index contributed by atoms with van der Waals surface area (Å²) >= 11 is 0. The van der Waals surface area contributed by atoms with Crippen molar-refractivity contribution in [2.45, 2.75) is 123 Å². The van der Waals surface area contributed by atoms with E-state index in [9.17, 15) is 4.79 Å². The van der Waals surface area contributed by atoms with E-state index in [1.807, 2.05) is 6.07 Å². The fraction of sp³-hybridized carbons (Fsp3) is 0.528. The lowest BCUT2D eigenvalue weighted by Crippen LogP contribution is -1.96. The third-order valence-electron chi connectivity index (χ3n) is 8.43. The second-order valence-corrected chi connectivity index (χ2v) is 11.4. The number of ketones is 1. The van der Waals surface area contributed by atoms with Crippen LogP contribution in [0.25, 0.3) is 32.3 Å². The van der Waals surface area contributed by atoms with Crippen LogP contribution in [-0.4, -0.2) is 5.78 Å². The van der Waals surface area contributed by atoms with E-state index in [1.165, 1.54) is 135 Å². The normalized spacial score (nSPS) is 11.8. The molecule has 0 amide bonds. The van der Waals surface area contributed by atoms with E-state index in [4.69, 9.17) is 0 Å². The minimum Gasteiger partial charge on any atom is -0.294 e. The number of rotatable bonds is 18. The summed E-state index contributed by atoms with van der Waals surface area (Å²) in [6.07, 6.45) is 23.7. The molecule has 1 heteroatoms. The van der Waals surface area contributed by atoms with Crippen molar-refractivity contribution in [1.82, 2.24) is 0 Å². The lowest BCUT2D eigenvalue weighted by Gasteiger charge is -2.15. The first-order valence-corrected chi connectivity index (χ1v) is 15.4. The number of hydrogen-bond donors (Lipinski definition) is 0. The molecule has 0 aromatic heterocycles. The van der Waals surface area contributed by atoms with Crippen LogP contribution < -0.4 is 0 Å². The summed E-state index contributed by atoms with van der Waals surface area (Å²) < 4.78 is 0. The van der Waals surface area contributed by atoms with Gasteiger partial charge in [0.2, 0.25) is 0 Å². The topological polar surface area (TPSA) is 17.1 Å². The van der Waals surface area contributed by atoms with Gasteiger partial charge < -0.3 is 0 Å². The standard InChI is InChI=1S/C36H48O/c1-3-4-5-6-7-8-9-10-11-12-13-14-15-16-17-18-19-29-20-21-30-24-27-34-32(28(2)37)25-22-31-23-26-33(29)35(30)36(31)34/h20-27H,3-19H2,1-2H3. The Labute approximate surface area is 225 Å². The highest BCUT2D eigenvalue weighted by atomic mass is 16.1. The molecule has 0 radical (unpaired) electrons. The van der Waals surface area contributed by atoms with E-state index in [0.717, 1.165) is 17.4 Å². The zero-order valence-corrected chi connectivity index (χ0v) is 23.5. The Morgan fingerprint density at radius 2 is 0.946 bits per heavy atom. The first-order valence-electron chi connectivity index (χ1n) is 15.4. The zero-order chi connectivity index (χ0) is 25.9. The lowest BCUT2D eigenvalue weighted by molar-refractivity contribution is 0.101. The molecular formula is C36H48O. The van der Waals surface area contributed by atoms with Gasteiger partial charge in [-0.1, -0.05) is 152 Å². The molecule has 0 heterocycles. The molecule has 0 bridgehead atoms. The van der Waals surface area contributed by atoms with Crippen LogP contribution in [0.2, 0.25) is 0 Å². The van der Waals surface area contributed by atoms with Gasteiger partial charge in [0.1, 0.15) is 0 Å². The van der Waals surface area contributed by atoms with Crippen molar-refractivity contribution in [3.05, 3.63) is 59.7 Å². The Bertz CT molecular complexity index is 1250. The molecule has 4 aromatic carbocycles. The molecule has 4 aromatic rings. The summed E-state index contributed by atoms with van der Waals surface area (Å²) in [6, 6.07) is 17.6. The summed E-state index contributed by atoms with van der Waals surface area (Å²) in [6.45, 7) is 3.97. The van der Waals surface area contributed by atoms with Gasteiger partial charge in [-0.05, 0) is 57.6 Å². The van der Waals surface area contributed by atoms with E-state index >= 15 is 0 Å².